The van der Waals surface area contributed by atoms with Gasteiger partial charge in [0, 0.05) is 10.4 Å². The molecule has 0 saturated heterocycles. The lowest BCUT2D eigenvalue weighted by Crippen LogP contribution is -2.29. The van der Waals surface area contributed by atoms with Crippen molar-refractivity contribution in [2.75, 3.05) is 7.11 Å². The van der Waals surface area contributed by atoms with Crippen molar-refractivity contribution < 1.29 is 4.74 Å². The zero-order valence-electron chi connectivity index (χ0n) is 10.9. The summed E-state index contributed by atoms with van der Waals surface area (Å²) in [4.78, 5) is 1.18. The number of hydrogen-bond donors (Lipinski definition) is 2. The second-order valence-corrected chi connectivity index (χ2v) is 5.29. The van der Waals surface area contributed by atoms with Crippen LogP contribution >= 0.6 is 11.3 Å². The third-order valence-electron chi connectivity index (χ3n) is 3.00. The summed E-state index contributed by atoms with van der Waals surface area (Å²) in [5.41, 5.74) is 6.36. The van der Waals surface area contributed by atoms with E-state index in [0.717, 1.165) is 11.3 Å². The topological polar surface area (TPSA) is 47.3 Å². The van der Waals surface area contributed by atoms with Crippen molar-refractivity contribution in [3.63, 3.8) is 0 Å². The summed E-state index contributed by atoms with van der Waals surface area (Å²) < 4.78 is 5.50. The Kier molecular flexibility index (Phi) is 4.01. The van der Waals surface area contributed by atoms with Gasteiger partial charge in [-0.05, 0) is 42.5 Å². The molecular weight excluding hydrogens is 244 g/mol. The maximum absolute atomic E-state index is 5.73. The van der Waals surface area contributed by atoms with Crippen molar-refractivity contribution in [1.29, 1.82) is 0 Å². The molecule has 1 heterocycles. The van der Waals surface area contributed by atoms with E-state index < -0.39 is 0 Å². The average Bonchev–Trinajstić information content (AvgIpc) is 2.85. The molecule has 0 bridgehead atoms. The first-order valence-corrected chi connectivity index (χ1v) is 6.70. The van der Waals surface area contributed by atoms with Crippen LogP contribution in [-0.4, -0.2) is 7.11 Å². The second-order valence-electron chi connectivity index (χ2n) is 4.31. The summed E-state index contributed by atoms with van der Waals surface area (Å²) in [5, 5.41) is 2.05. The molecule has 1 unspecified atom stereocenters. The number of nitrogens with two attached hydrogens (primary N) is 1. The van der Waals surface area contributed by atoms with Crippen LogP contribution in [-0.2, 0) is 0 Å². The van der Waals surface area contributed by atoms with Crippen LogP contribution in [0.2, 0.25) is 0 Å². The van der Waals surface area contributed by atoms with E-state index in [1.807, 2.05) is 12.1 Å². The van der Waals surface area contributed by atoms with Gasteiger partial charge in [0.15, 0.2) is 0 Å². The number of rotatable bonds is 4. The van der Waals surface area contributed by atoms with Crippen molar-refractivity contribution in [1.82, 2.24) is 5.43 Å². The molecule has 0 aliphatic carbocycles. The zero-order chi connectivity index (χ0) is 13.1. The minimum Gasteiger partial charge on any atom is -0.496 e. The first kappa shape index (κ1) is 13.1. The molecule has 4 heteroatoms. The molecule has 0 saturated carbocycles. The Morgan fingerprint density at radius 2 is 2.11 bits per heavy atom. The van der Waals surface area contributed by atoms with E-state index in [4.69, 9.17) is 10.6 Å². The van der Waals surface area contributed by atoms with Crippen LogP contribution < -0.4 is 16.0 Å². The largest absolute Gasteiger partial charge is 0.496 e. The summed E-state index contributed by atoms with van der Waals surface area (Å²) in [7, 11) is 1.69. The van der Waals surface area contributed by atoms with E-state index in [0.29, 0.717) is 0 Å². The van der Waals surface area contributed by atoms with Gasteiger partial charge in [-0.15, -0.1) is 11.3 Å². The standard InChI is InChI=1S/C14H18N2OS/c1-9-7-10(2)13(11(8-9)17-3)14(16-15)12-5-4-6-18-12/h4-8,14,16H,15H2,1-3H3. The molecule has 18 heavy (non-hydrogen) atoms. The summed E-state index contributed by atoms with van der Waals surface area (Å²) in [6, 6.07) is 8.27. The Balaban J connectivity index is 2.55. The molecule has 0 aliphatic heterocycles. The molecule has 0 amide bonds. The predicted molar refractivity (Wildman–Crippen MR) is 76.0 cm³/mol. The van der Waals surface area contributed by atoms with Gasteiger partial charge in [0.1, 0.15) is 5.75 Å². The maximum Gasteiger partial charge on any atom is 0.124 e. The zero-order valence-corrected chi connectivity index (χ0v) is 11.7. The van der Waals surface area contributed by atoms with E-state index in [2.05, 4.69) is 36.8 Å². The normalized spacial score (nSPS) is 12.4. The fourth-order valence-corrected chi connectivity index (χ4v) is 3.04. The molecule has 96 valence electrons. The van der Waals surface area contributed by atoms with Gasteiger partial charge in [-0.3, -0.25) is 5.84 Å². The van der Waals surface area contributed by atoms with Crippen molar-refractivity contribution in [3.05, 3.63) is 51.2 Å². The Hall–Kier alpha value is -1.36. The smallest absolute Gasteiger partial charge is 0.124 e. The lowest BCUT2D eigenvalue weighted by atomic mass is 9.97. The van der Waals surface area contributed by atoms with Crippen LogP contribution in [0.15, 0.2) is 29.6 Å². The van der Waals surface area contributed by atoms with Gasteiger partial charge in [0.05, 0.1) is 13.2 Å². The average molecular weight is 262 g/mol. The summed E-state index contributed by atoms with van der Waals surface area (Å²) >= 11 is 1.68. The second kappa shape index (κ2) is 5.52. The van der Waals surface area contributed by atoms with Gasteiger partial charge in [0.2, 0.25) is 0 Å². The first-order valence-electron chi connectivity index (χ1n) is 5.82. The number of benzene rings is 1. The predicted octanol–water partition coefficient (Wildman–Crippen LogP) is 2.93. The molecule has 1 aromatic heterocycles. The van der Waals surface area contributed by atoms with Crippen molar-refractivity contribution in [2.24, 2.45) is 5.84 Å². The molecule has 0 fully saturated rings. The summed E-state index contributed by atoms with van der Waals surface area (Å²) in [5.74, 6) is 6.61. The van der Waals surface area contributed by atoms with Gasteiger partial charge in [0.25, 0.3) is 0 Å². The molecule has 3 nitrogen and oxygen atoms in total. The van der Waals surface area contributed by atoms with E-state index >= 15 is 0 Å². The van der Waals surface area contributed by atoms with Gasteiger partial charge in [-0.25, -0.2) is 5.43 Å². The quantitative estimate of drug-likeness (QED) is 0.658. The lowest BCUT2D eigenvalue weighted by Gasteiger charge is -2.21. The molecule has 2 rings (SSSR count). The highest BCUT2D eigenvalue weighted by atomic mass is 32.1. The Bertz CT molecular complexity index is 523. The van der Waals surface area contributed by atoms with Crippen LogP contribution in [0.1, 0.15) is 27.6 Å². The van der Waals surface area contributed by atoms with Crippen LogP contribution in [0.4, 0.5) is 0 Å². The number of hydrazine groups is 1. The van der Waals surface area contributed by atoms with Crippen molar-refractivity contribution >= 4 is 11.3 Å². The van der Waals surface area contributed by atoms with Crippen LogP contribution in [0.25, 0.3) is 0 Å². The SMILES string of the molecule is COc1cc(C)cc(C)c1C(NN)c1cccs1. The van der Waals surface area contributed by atoms with Crippen LogP contribution in [0, 0.1) is 13.8 Å². The number of methoxy groups -OCH3 is 1. The number of aryl methyl sites for hydroxylation is 2. The number of ether oxygens (including phenoxy) is 1. The highest BCUT2D eigenvalue weighted by molar-refractivity contribution is 7.10. The minimum atomic E-state index is -0.0273. The molecule has 0 aliphatic rings. The van der Waals surface area contributed by atoms with Gasteiger partial charge in [-0.2, -0.15) is 0 Å². The highest BCUT2D eigenvalue weighted by Gasteiger charge is 2.20. The molecule has 1 atom stereocenters. The number of nitrogens with one attached hydrogen (secondary N) is 1. The van der Waals surface area contributed by atoms with Crippen LogP contribution in [0.5, 0.6) is 5.75 Å². The molecule has 0 radical (unpaired) electrons. The van der Waals surface area contributed by atoms with E-state index in [1.165, 1.54) is 16.0 Å². The Morgan fingerprint density at radius 1 is 1.33 bits per heavy atom. The summed E-state index contributed by atoms with van der Waals surface area (Å²) in [6.07, 6.45) is 0. The van der Waals surface area contributed by atoms with E-state index in [-0.39, 0.29) is 6.04 Å². The molecule has 0 spiro atoms. The number of thiophene rings is 1. The summed E-state index contributed by atoms with van der Waals surface area (Å²) in [6.45, 7) is 4.15. The molecular formula is C14H18N2OS. The molecule has 3 N–H and O–H groups in total. The van der Waals surface area contributed by atoms with Gasteiger partial charge < -0.3 is 4.74 Å². The van der Waals surface area contributed by atoms with Gasteiger partial charge >= 0.3 is 0 Å². The van der Waals surface area contributed by atoms with Crippen molar-refractivity contribution in [2.45, 2.75) is 19.9 Å². The molecule has 2 aromatic rings. The fourth-order valence-electron chi connectivity index (χ4n) is 2.24. The minimum absolute atomic E-state index is 0.0273. The van der Waals surface area contributed by atoms with Crippen LogP contribution in [0.3, 0.4) is 0 Å². The van der Waals surface area contributed by atoms with E-state index in [1.54, 1.807) is 18.4 Å². The Labute approximate surface area is 112 Å². The third kappa shape index (κ3) is 2.41. The lowest BCUT2D eigenvalue weighted by molar-refractivity contribution is 0.403. The maximum atomic E-state index is 5.73. The highest BCUT2D eigenvalue weighted by Crippen LogP contribution is 2.35. The third-order valence-corrected chi connectivity index (χ3v) is 3.93. The number of hydrogen-bond acceptors (Lipinski definition) is 4. The van der Waals surface area contributed by atoms with Gasteiger partial charge in [-0.1, -0.05) is 12.1 Å². The van der Waals surface area contributed by atoms with Crippen molar-refractivity contribution in [3.8, 4) is 5.75 Å². The van der Waals surface area contributed by atoms with E-state index in [9.17, 15) is 0 Å². The first-order chi connectivity index (χ1) is 8.67. The monoisotopic (exact) mass is 262 g/mol. The fraction of sp³-hybridized carbons (Fsp3) is 0.286. The Morgan fingerprint density at radius 3 is 2.67 bits per heavy atom. The molecule has 1 aromatic carbocycles.